The van der Waals surface area contributed by atoms with Gasteiger partial charge in [-0.25, -0.2) is 0 Å². The van der Waals surface area contributed by atoms with Crippen LogP contribution in [0, 0.1) is 17.0 Å². The van der Waals surface area contributed by atoms with Crippen molar-refractivity contribution in [2.45, 2.75) is 46.6 Å². The van der Waals surface area contributed by atoms with E-state index in [0.29, 0.717) is 0 Å². The molecule has 0 radical (unpaired) electrons. The zero-order chi connectivity index (χ0) is 14.4. The Labute approximate surface area is 115 Å². The highest BCUT2D eigenvalue weighted by Gasteiger charge is 2.20. The number of nitrogens with zero attached hydrogens (tertiary/aromatic N) is 2. The lowest BCUT2D eigenvalue weighted by Crippen LogP contribution is -2.29. The molecular formula is C15H24N2O2. The van der Waals surface area contributed by atoms with Crippen molar-refractivity contribution in [2.75, 3.05) is 13.1 Å². The van der Waals surface area contributed by atoms with Crippen molar-refractivity contribution in [3.8, 4) is 0 Å². The van der Waals surface area contributed by atoms with E-state index in [1.165, 1.54) is 0 Å². The normalized spacial score (nSPS) is 12.7. The first-order valence-electron chi connectivity index (χ1n) is 7.00. The van der Waals surface area contributed by atoms with E-state index in [1.807, 2.05) is 13.0 Å². The van der Waals surface area contributed by atoms with Gasteiger partial charge in [0, 0.05) is 17.7 Å². The van der Waals surface area contributed by atoms with Gasteiger partial charge in [0.1, 0.15) is 0 Å². The van der Waals surface area contributed by atoms with Crippen LogP contribution in [0.25, 0.3) is 0 Å². The average molecular weight is 264 g/mol. The van der Waals surface area contributed by atoms with Gasteiger partial charge in [0.25, 0.3) is 5.69 Å². The number of nitro benzene ring substituents is 1. The van der Waals surface area contributed by atoms with E-state index in [1.54, 1.807) is 12.1 Å². The lowest BCUT2D eigenvalue weighted by molar-refractivity contribution is -0.385. The van der Waals surface area contributed by atoms with E-state index in [0.717, 1.165) is 37.1 Å². The summed E-state index contributed by atoms with van der Waals surface area (Å²) in [5.74, 6) is 0. The molecule has 0 N–H and O–H groups in total. The molecular weight excluding hydrogens is 240 g/mol. The van der Waals surface area contributed by atoms with Crippen LogP contribution in [0.3, 0.4) is 0 Å². The van der Waals surface area contributed by atoms with Crippen molar-refractivity contribution in [2.24, 2.45) is 0 Å². The molecule has 4 nitrogen and oxygen atoms in total. The van der Waals surface area contributed by atoms with Crippen LogP contribution in [0.15, 0.2) is 18.2 Å². The fourth-order valence-corrected chi connectivity index (χ4v) is 2.56. The van der Waals surface area contributed by atoms with Crippen LogP contribution in [-0.4, -0.2) is 22.9 Å². The summed E-state index contributed by atoms with van der Waals surface area (Å²) in [4.78, 5) is 13.1. The summed E-state index contributed by atoms with van der Waals surface area (Å²) in [6.45, 7) is 10.4. The molecule has 0 aliphatic heterocycles. The maximum Gasteiger partial charge on any atom is 0.272 e. The molecule has 0 aromatic heterocycles. The van der Waals surface area contributed by atoms with Gasteiger partial charge < -0.3 is 0 Å². The Morgan fingerprint density at radius 2 is 1.84 bits per heavy atom. The molecule has 1 unspecified atom stereocenters. The van der Waals surface area contributed by atoms with Gasteiger partial charge in [0.15, 0.2) is 0 Å². The third-order valence-corrected chi connectivity index (χ3v) is 3.56. The molecule has 1 aromatic carbocycles. The maximum absolute atomic E-state index is 11.0. The molecule has 0 saturated carbocycles. The van der Waals surface area contributed by atoms with Gasteiger partial charge in [-0.3, -0.25) is 15.0 Å². The third-order valence-electron chi connectivity index (χ3n) is 3.56. The summed E-state index contributed by atoms with van der Waals surface area (Å²) >= 11 is 0. The highest BCUT2D eigenvalue weighted by molar-refractivity contribution is 5.45. The highest BCUT2D eigenvalue weighted by atomic mass is 16.6. The Morgan fingerprint density at radius 3 is 2.32 bits per heavy atom. The lowest BCUT2D eigenvalue weighted by atomic mass is 9.99. The second-order valence-corrected chi connectivity index (χ2v) is 4.96. The molecule has 0 aliphatic rings. The molecule has 1 atom stereocenters. The second kappa shape index (κ2) is 7.24. The molecule has 4 heteroatoms. The third kappa shape index (κ3) is 3.77. The number of rotatable bonds is 7. The van der Waals surface area contributed by atoms with Crippen LogP contribution in [-0.2, 0) is 0 Å². The lowest BCUT2D eigenvalue weighted by Gasteiger charge is -2.29. The fraction of sp³-hybridized carbons (Fsp3) is 0.600. The summed E-state index contributed by atoms with van der Waals surface area (Å²) in [6.07, 6.45) is 2.19. The summed E-state index contributed by atoms with van der Waals surface area (Å²) in [7, 11) is 0. The minimum absolute atomic E-state index is 0.220. The van der Waals surface area contributed by atoms with Gasteiger partial charge in [-0.15, -0.1) is 0 Å². The molecule has 0 fully saturated rings. The van der Waals surface area contributed by atoms with Crippen LogP contribution in [0.2, 0.25) is 0 Å². The van der Waals surface area contributed by atoms with Gasteiger partial charge in [-0.05, 0) is 45.3 Å². The van der Waals surface area contributed by atoms with Crippen molar-refractivity contribution < 1.29 is 4.92 Å². The first-order valence-corrected chi connectivity index (χ1v) is 7.00. The smallest absolute Gasteiger partial charge is 0.272 e. The predicted molar refractivity (Wildman–Crippen MR) is 78.4 cm³/mol. The van der Waals surface area contributed by atoms with E-state index < -0.39 is 0 Å². The first kappa shape index (κ1) is 15.6. The second-order valence-electron chi connectivity index (χ2n) is 4.96. The molecule has 106 valence electrons. The summed E-state index contributed by atoms with van der Waals surface area (Å²) in [5.41, 5.74) is 2.07. The molecule has 0 spiro atoms. The van der Waals surface area contributed by atoms with Crippen LogP contribution >= 0.6 is 0 Å². The Bertz CT molecular complexity index is 426. The average Bonchev–Trinajstić information content (AvgIpc) is 2.37. The van der Waals surface area contributed by atoms with Crippen molar-refractivity contribution in [3.05, 3.63) is 39.4 Å². The van der Waals surface area contributed by atoms with Crippen LogP contribution in [0.5, 0.6) is 0 Å². The Balaban J connectivity index is 3.06. The van der Waals surface area contributed by atoms with Crippen LogP contribution < -0.4 is 0 Å². The SMILES string of the molecule is CCCN(CCC)C(C)c1cccc([N+](=O)[O-])c1C. The van der Waals surface area contributed by atoms with Crippen molar-refractivity contribution in [1.82, 2.24) is 4.90 Å². The summed E-state index contributed by atoms with van der Waals surface area (Å²) in [5, 5.41) is 11.0. The number of hydrogen-bond acceptors (Lipinski definition) is 3. The number of hydrogen-bond donors (Lipinski definition) is 0. The van der Waals surface area contributed by atoms with Crippen LogP contribution in [0.1, 0.15) is 50.8 Å². The standard InChI is InChI=1S/C15H24N2O2/c1-5-10-16(11-6-2)13(4)14-8-7-9-15(12(14)3)17(18)19/h7-9,13H,5-6,10-11H2,1-4H3. The topological polar surface area (TPSA) is 46.4 Å². The van der Waals surface area contributed by atoms with E-state index in [9.17, 15) is 10.1 Å². The Hall–Kier alpha value is -1.42. The van der Waals surface area contributed by atoms with Gasteiger partial charge >= 0.3 is 0 Å². The molecule has 0 bridgehead atoms. The maximum atomic E-state index is 11.0. The largest absolute Gasteiger partial charge is 0.297 e. The van der Waals surface area contributed by atoms with E-state index in [2.05, 4.69) is 25.7 Å². The van der Waals surface area contributed by atoms with Gasteiger partial charge in [-0.2, -0.15) is 0 Å². The molecule has 0 aliphatic carbocycles. The Kier molecular flexibility index (Phi) is 5.96. The van der Waals surface area contributed by atoms with Gasteiger partial charge in [-0.1, -0.05) is 26.0 Å². The zero-order valence-corrected chi connectivity index (χ0v) is 12.3. The molecule has 0 amide bonds. The molecule has 1 rings (SSSR count). The zero-order valence-electron chi connectivity index (χ0n) is 12.3. The first-order chi connectivity index (χ1) is 9.02. The number of nitro groups is 1. The summed E-state index contributed by atoms with van der Waals surface area (Å²) < 4.78 is 0. The minimum Gasteiger partial charge on any atom is -0.297 e. The fourth-order valence-electron chi connectivity index (χ4n) is 2.56. The minimum atomic E-state index is -0.296. The molecule has 19 heavy (non-hydrogen) atoms. The van der Waals surface area contributed by atoms with Crippen molar-refractivity contribution in [1.29, 1.82) is 0 Å². The monoisotopic (exact) mass is 264 g/mol. The van der Waals surface area contributed by atoms with E-state index >= 15 is 0 Å². The van der Waals surface area contributed by atoms with Crippen molar-refractivity contribution >= 4 is 5.69 Å². The Morgan fingerprint density at radius 1 is 1.26 bits per heavy atom. The predicted octanol–water partition coefficient (Wildman–Crippen LogP) is 4.09. The van der Waals surface area contributed by atoms with E-state index in [4.69, 9.17) is 0 Å². The van der Waals surface area contributed by atoms with E-state index in [-0.39, 0.29) is 16.7 Å². The van der Waals surface area contributed by atoms with Crippen molar-refractivity contribution in [3.63, 3.8) is 0 Å². The summed E-state index contributed by atoms with van der Waals surface area (Å²) in [6, 6.07) is 5.59. The van der Waals surface area contributed by atoms with Gasteiger partial charge in [0.2, 0.25) is 0 Å². The number of benzene rings is 1. The van der Waals surface area contributed by atoms with Gasteiger partial charge in [0.05, 0.1) is 4.92 Å². The molecule has 0 saturated heterocycles. The highest BCUT2D eigenvalue weighted by Crippen LogP contribution is 2.29. The quantitative estimate of drug-likeness (QED) is 0.550. The molecule has 0 heterocycles. The molecule has 1 aromatic rings. The van der Waals surface area contributed by atoms with Crippen LogP contribution in [0.4, 0.5) is 5.69 Å².